The van der Waals surface area contributed by atoms with Gasteiger partial charge in [-0.05, 0) is 12.1 Å². The number of nitrogens with one attached hydrogen (secondary N) is 1. The SMILES string of the molecule is COc1ccc(Cn2nccc2NC(=O)CC(CN)OC)c(OC)c1OC. The fourth-order valence-electron chi connectivity index (χ4n) is 2.68. The molecule has 0 aliphatic heterocycles. The maximum absolute atomic E-state index is 12.2. The predicted molar refractivity (Wildman–Crippen MR) is 101 cm³/mol. The molecule has 27 heavy (non-hydrogen) atoms. The van der Waals surface area contributed by atoms with Gasteiger partial charge in [-0.25, -0.2) is 4.68 Å². The van der Waals surface area contributed by atoms with Crippen LogP contribution in [0.15, 0.2) is 24.4 Å². The zero-order chi connectivity index (χ0) is 19.8. The van der Waals surface area contributed by atoms with E-state index in [-0.39, 0.29) is 25.0 Å². The first kappa shape index (κ1) is 20.5. The summed E-state index contributed by atoms with van der Waals surface area (Å²) in [7, 11) is 6.20. The van der Waals surface area contributed by atoms with Gasteiger partial charge in [0.2, 0.25) is 11.7 Å². The zero-order valence-corrected chi connectivity index (χ0v) is 16.0. The number of carbonyl (C=O) groups excluding carboxylic acids is 1. The lowest BCUT2D eigenvalue weighted by atomic mass is 10.1. The fraction of sp³-hybridized carbons (Fsp3) is 0.444. The molecule has 1 aromatic heterocycles. The lowest BCUT2D eigenvalue weighted by molar-refractivity contribution is -0.118. The predicted octanol–water partition coefficient (Wildman–Crippen LogP) is 1.26. The molecule has 1 amide bonds. The third kappa shape index (κ3) is 4.89. The second kappa shape index (κ2) is 9.79. The van der Waals surface area contributed by atoms with Gasteiger partial charge in [0, 0.05) is 25.3 Å². The summed E-state index contributed by atoms with van der Waals surface area (Å²) in [4.78, 5) is 12.2. The number of hydrogen-bond acceptors (Lipinski definition) is 7. The third-order valence-electron chi connectivity index (χ3n) is 4.10. The van der Waals surface area contributed by atoms with Crippen LogP contribution in [-0.4, -0.2) is 56.8 Å². The van der Waals surface area contributed by atoms with E-state index in [0.717, 1.165) is 5.56 Å². The van der Waals surface area contributed by atoms with E-state index >= 15 is 0 Å². The minimum Gasteiger partial charge on any atom is -0.493 e. The van der Waals surface area contributed by atoms with Crippen LogP contribution in [0.4, 0.5) is 5.82 Å². The summed E-state index contributed by atoms with van der Waals surface area (Å²) in [6, 6.07) is 5.38. The minimum absolute atomic E-state index is 0.165. The van der Waals surface area contributed by atoms with Crippen LogP contribution in [0.25, 0.3) is 0 Å². The van der Waals surface area contributed by atoms with Crippen molar-refractivity contribution in [2.75, 3.05) is 40.3 Å². The Balaban J connectivity index is 2.20. The van der Waals surface area contributed by atoms with Crippen LogP contribution in [0.1, 0.15) is 12.0 Å². The first-order valence-corrected chi connectivity index (χ1v) is 8.40. The van der Waals surface area contributed by atoms with Gasteiger partial charge in [0.25, 0.3) is 0 Å². The molecule has 148 valence electrons. The number of aromatic nitrogens is 2. The molecule has 1 aromatic carbocycles. The Hall–Kier alpha value is -2.78. The molecule has 2 rings (SSSR count). The van der Waals surface area contributed by atoms with Crippen molar-refractivity contribution in [2.24, 2.45) is 5.73 Å². The molecular formula is C18H26N4O5. The standard InChI is InChI=1S/C18H26N4O5/c1-24-13(10-19)9-16(23)21-15-7-8-20-22(15)11-12-5-6-14(25-2)18(27-4)17(12)26-3/h5-8,13H,9-11,19H2,1-4H3,(H,21,23). The molecule has 0 aliphatic rings. The summed E-state index contributed by atoms with van der Waals surface area (Å²) in [5, 5.41) is 7.10. The van der Waals surface area contributed by atoms with Gasteiger partial charge < -0.3 is 30.0 Å². The van der Waals surface area contributed by atoms with Crippen molar-refractivity contribution in [3.05, 3.63) is 30.0 Å². The Kier molecular flexibility index (Phi) is 7.44. The van der Waals surface area contributed by atoms with Gasteiger partial charge >= 0.3 is 0 Å². The van der Waals surface area contributed by atoms with E-state index in [1.807, 2.05) is 6.07 Å². The largest absolute Gasteiger partial charge is 0.493 e. The average Bonchev–Trinajstić information content (AvgIpc) is 3.11. The summed E-state index contributed by atoms with van der Waals surface area (Å²) in [6.07, 6.45) is 1.45. The van der Waals surface area contributed by atoms with Gasteiger partial charge in [0.15, 0.2) is 11.5 Å². The highest BCUT2D eigenvalue weighted by Crippen LogP contribution is 2.40. The van der Waals surface area contributed by atoms with Crippen LogP contribution in [0.3, 0.4) is 0 Å². The Morgan fingerprint density at radius 2 is 1.89 bits per heavy atom. The van der Waals surface area contributed by atoms with E-state index in [1.54, 1.807) is 44.3 Å². The van der Waals surface area contributed by atoms with E-state index < -0.39 is 0 Å². The van der Waals surface area contributed by atoms with Crippen LogP contribution in [-0.2, 0) is 16.1 Å². The minimum atomic E-state index is -0.327. The Bertz CT molecular complexity index is 758. The number of methoxy groups -OCH3 is 4. The Labute approximate surface area is 158 Å². The first-order valence-electron chi connectivity index (χ1n) is 8.40. The van der Waals surface area contributed by atoms with E-state index in [4.69, 9.17) is 24.7 Å². The number of rotatable bonds is 10. The zero-order valence-electron chi connectivity index (χ0n) is 16.0. The molecular weight excluding hydrogens is 352 g/mol. The van der Waals surface area contributed by atoms with E-state index in [2.05, 4.69) is 10.4 Å². The highest BCUT2D eigenvalue weighted by Gasteiger charge is 2.18. The number of amides is 1. The number of nitrogens with zero attached hydrogens (tertiary/aromatic N) is 2. The van der Waals surface area contributed by atoms with Crippen molar-refractivity contribution in [3.63, 3.8) is 0 Å². The van der Waals surface area contributed by atoms with Crippen molar-refractivity contribution < 1.29 is 23.7 Å². The topological polar surface area (TPSA) is 110 Å². The molecule has 3 N–H and O–H groups in total. The molecule has 1 unspecified atom stereocenters. The molecule has 0 bridgehead atoms. The highest BCUT2D eigenvalue weighted by atomic mass is 16.5. The van der Waals surface area contributed by atoms with E-state index in [9.17, 15) is 4.79 Å². The third-order valence-corrected chi connectivity index (χ3v) is 4.10. The van der Waals surface area contributed by atoms with Crippen molar-refractivity contribution >= 4 is 11.7 Å². The lowest BCUT2D eigenvalue weighted by Crippen LogP contribution is -2.28. The van der Waals surface area contributed by atoms with Crippen LogP contribution in [0, 0.1) is 0 Å². The van der Waals surface area contributed by atoms with Crippen LogP contribution in [0.5, 0.6) is 17.2 Å². The lowest BCUT2D eigenvalue weighted by Gasteiger charge is -2.17. The molecule has 2 aromatic rings. The van der Waals surface area contributed by atoms with Gasteiger partial charge in [-0.15, -0.1) is 0 Å². The number of ether oxygens (including phenoxy) is 4. The maximum atomic E-state index is 12.2. The van der Waals surface area contributed by atoms with Crippen LogP contribution < -0.4 is 25.3 Å². The number of carbonyl (C=O) groups is 1. The van der Waals surface area contributed by atoms with E-state index in [0.29, 0.717) is 29.6 Å². The molecule has 0 saturated carbocycles. The van der Waals surface area contributed by atoms with Gasteiger partial charge in [0.05, 0.1) is 46.6 Å². The smallest absolute Gasteiger partial charge is 0.228 e. The molecule has 0 radical (unpaired) electrons. The van der Waals surface area contributed by atoms with Crippen LogP contribution >= 0.6 is 0 Å². The van der Waals surface area contributed by atoms with Gasteiger partial charge in [0.1, 0.15) is 5.82 Å². The first-order chi connectivity index (χ1) is 13.1. The van der Waals surface area contributed by atoms with Gasteiger partial charge in [-0.2, -0.15) is 5.10 Å². The molecule has 0 saturated heterocycles. The average molecular weight is 378 g/mol. The summed E-state index contributed by atoms with van der Waals surface area (Å²) >= 11 is 0. The molecule has 1 atom stereocenters. The molecule has 9 nitrogen and oxygen atoms in total. The molecule has 1 heterocycles. The summed E-state index contributed by atoms with van der Waals surface area (Å²) in [5.41, 5.74) is 6.39. The number of anilines is 1. The van der Waals surface area contributed by atoms with Crippen molar-refractivity contribution in [1.82, 2.24) is 9.78 Å². The molecule has 0 aliphatic carbocycles. The van der Waals surface area contributed by atoms with E-state index in [1.165, 1.54) is 7.11 Å². The van der Waals surface area contributed by atoms with Gasteiger partial charge in [-0.3, -0.25) is 4.79 Å². The highest BCUT2D eigenvalue weighted by molar-refractivity contribution is 5.90. The second-order valence-electron chi connectivity index (χ2n) is 5.71. The van der Waals surface area contributed by atoms with Crippen molar-refractivity contribution in [3.8, 4) is 17.2 Å². The van der Waals surface area contributed by atoms with Crippen molar-refractivity contribution in [1.29, 1.82) is 0 Å². The molecule has 9 heteroatoms. The van der Waals surface area contributed by atoms with Crippen molar-refractivity contribution in [2.45, 2.75) is 19.1 Å². The molecule has 0 spiro atoms. The fourth-order valence-corrected chi connectivity index (χ4v) is 2.68. The normalized spacial score (nSPS) is 11.7. The number of hydrogen-bond donors (Lipinski definition) is 2. The molecule has 0 fully saturated rings. The second-order valence-corrected chi connectivity index (χ2v) is 5.71. The quantitative estimate of drug-likeness (QED) is 0.640. The maximum Gasteiger partial charge on any atom is 0.228 e. The summed E-state index contributed by atoms with van der Waals surface area (Å²) < 4.78 is 23.0. The number of nitrogens with two attached hydrogens (primary N) is 1. The Morgan fingerprint density at radius 1 is 1.15 bits per heavy atom. The summed E-state index contributed by atoms with van der Waals surface area (Å²) in [5.74, 6) is 1.98. The Morgan fingerprint density at radius 3 is 2.48 bits per heavy atom. The number of benzene rings is 1. The summed E-state index contributed by atoms with van der Waals surface area (Å²) in [6.45, 7) is 0.642. The van der Waals surface area contributed by atoms with Crippen LogP contribution in [0.2, 0.25) is 0 Å². The van der Waals surface area contributed by atoms with Gasteiger partial charge in [-0.1, -0.05) is 0 Å². The monoisotopic (exact) mass is 378 g/mol.